The molecule has 1 aliphatic heterocycles. The molecule has 1 aliphatic carbocycles. The third kappa shape index (κ3) is 3.76. The summed E-state index contributed by atoms with van der Waals surface area (Å²) in [5.41, 5.74) is 0. The van der Waals surface area contributed by atoms with Crippen LogP contribution in [0.2, 0.25) is 0 Å². The molecule has 2 fully saturated rings. The normalized spacial score (nSPS) is 22.8. The summed E-state index contributed by atoms with van der Waals surface area (Å²) in [4.78, 5) is 13.7. The molecule has 0 radical (unpaired) electrons. The van der Waals surface area contributed by atoms with E-state index in [1.54, 1.807) is 0 Å². The Kier molecular flexibility index (Phi) is 4.60. The number of piperazine rings is 1. The largest absolute Gasteiger partial charge is 0.465 e. The predicted molar refractivity (Wildman–Crippen MR) is 62.2 cm³/mol. The third-order valence-electron chi connectivity index (χ3n) is 3.58. The molecule has 0 unspecified atom stereocenters. The van der Waals surface area contributed by atoms with Gasteiger partial charge in [0.25, 0.3) is 0 Å². The molecule has 1 N–H and O–H groups in total. The summed E-state index contributed by atoms with van der Waals surface area (Å²) >= 11 is 0. The van der Waals surface area contributed by atoms with E-state index in [9.17, 15) is 4.79 Å². The van der Waals surface area contributed by atoms with Gasteiger partial charge in [0.05, 0.1) is 13.2 Å². The Hall–Kier alpha value is -0.610. The van der Waals surface area contributed by atoms with Gasteiger partial charge in [-0.3, -0.25) is 9.69 Å². The molecule has 4 nitrogen and oxygen atoms in total. The number of carbonyl (C=O) groups is 1. The zero-order valence-electron chi connectivity index (χ0n) is 9.91. The van der Waals surface area contributed by atoms with E-state index in [0.717, 1.165) is 38.5 Å². The Morgan fingerprint density at radius 3 is 2.69 bits per heavy atom. The van der Waals surface area contributed by atoms with Crippen LogP contribution in [0.1, 0.15) is 25.7 Å². The first-order valence-corrected chi connectivity index (χ1v) is 6.43. The number of esters is 1. The lowest BCUT2D eigenvalue weighted by atomic mass is 9.83. The smallest absolute Gasteiger partial charge is 0.320 e. The van der Waals surface area contributed by atoms with E-state index in [0.29, 0.717) is 13.2 Å². The summed E-state index contributed by atoms with van der Waals surface area (Å²) < 4.78 is 5.25. The molecule has 4 heteroatoms. The van der Waals surface area contributed by atoms with Crippen LogP contribution < -0.4 is 5.32 Å². The quantitative estimate of drug-likeness (QED) is 0.698. The minimum atomic E-state index is -0.0544. The molecule has 0 aromatic rings. The van der Waals surface area contributed by atoms with E-state index in [1.165, 1.54) is 19.3 Å². The van der Waals surface area contributed by atoms with Crippen molar-refractivity contribution >= 4 is 5.97 Å². The standard InChI is InChI=1S/C12H22N2O2/c15-12(10-14-7-5-13-6-8-14)16-9-4-11-2-1-3-11/h11,13H,1-10H2. The van der Waals surface area contributed by atoms with E-state index in [2.05, 4.69) is 10.2 Å². The molecule has 16 heavy (non-hydrogen) atoms. The monoisotopic (exact) mass is 226 g/mol. The first-order chi connectivity index (χ1) is 7.84. The number of carbonyl (C=O) groups excluding carboxylic acids is 1. The zero-order valence-corrected chi connectivity index (χ0v) is 9.91. The highest BCUT2D eigenvalue weighted by atomic mass is 16.5. The summed E-state index contributed by atoms with van der Waals surface area (Å²) in [6.07, 6.45) is 5.08. The van der Waals surface area contributed by atoms with Crippen molar-refractivity contribution in [1.29, 1.82) is 0 Å². The average Bonchev–Trinajstić information content (AvgIpc) is 2.23. The SMILES string of the molecule is O=C(CN1CCNCC1)OCCC1CCC1. The van der Waals surface area contributed by atoms with Crippen molar-refractivity contribution in [1.82, 2.24) is 10.2 Å². The van der Waals surface area contributed by atoms with Crippen LogP contribution in [0.15, 0.2) is 0 Å². The molecular weight excluding hydrogens is 204 g/mol. The van der Waals surface area contributed by atoms with Gasteiger partial charge in [0.1, 0.15) is 0 Å². The Morgan fingerprint density at radius 1 is 1.31 bits per heavy atom. The number of ether oxygens (including phenoxy) is 1. The fourth-order valence-electron chi connectivity index (χ4n) is 2.22. The van der Waals surface area contributed by atoms with Crippen molar-refractivity contribution in [2.75, 3.05) is 39.3 Å². The molecule has 1 saturated carbocycles. The van der Waals surface area contributed by atoms with Gasteiger partial charge in [-0.25, -0.2) is 0 Å². The van der Waals surface area contributed by atoms with Gasteiger partial charge in [-0.15, -0.1) is 0 Å². The second-order valence-corrected chi connectivity index (χ2v) is 4.83. The van der Waals surface area contributed by atoms with Gasteiger partial charge >= 0.3 is 5.97 Å². The molecule has 1 saturated heterocycles. The summed E-state index contributed by atoms with van der Waals surface area (Å²) in [5.74, 6) is 0.771. The fraction of sp³-hybridized carbons (Fsp3) is 0.917. The topological polar surface area (TPSA) is 41.6 Å². The second-order valence-electron chi connectivity index (χ2n) is 4.83. The maximum Gasteiger partial charge on any atom is 0.320 e. The highest BCUT2D eigenvalue weighted by Crippen LogP contribution is 2.29. The Bertz CT molecular complexity index is 223. The van der Waals surface area contributed by atoms with Crippen molar-refractivity contribution in [3.63, 3.8) is 0 Å². The van der Waals surface area contributed by atoms with Gasteiger partial charge in [0, 0.05) is 26.2 Å². The number of rotatable bonds is 5. The Morgan fingerprint density at radius 2 is 2.06 bits per heavy atom. The summed E-state index contributed by atoms with van der Waals surface area (Å²) in [7, 11) is 0. The maximum atomic E-state index is 11.5. The second kappa shape index (κ2) is 6.21. The molecule has 2 aliphatic rings. The lowest BCUT2D eigenvalue weighted by Crippen LogP contribution is -2.45. The molecule has 92 valence electrons. The minimum absolute atomic E-state index is 0.0544. The number of nitrogens with zero attached hydrogens (tertiary/aromatic N) is 1. The van der Waals surface area contributed by atoms with Crippen LogP contribution in [-0.4, -0.2) is 50.2 Å². The van der Waals surface area contributed by atoms with Crippen molar-refractivity contribution in [2.24, 2.45) is 5.92 Å². The van der Waals surface area contributed by atoms with Gasteiger partial charge in [-0.2, -0.15) is 0 Å². The lowest BCUT2D eigenvalue weighted by molar-refractivity contribution is -0.145. The van der Waals surface area contributed by atoms with Crippen molar-refractivity contribution < 1.29 is 9.53 Å². The van der Waals surface area contributed by atoms with Gasteiger partial charge in [-0.1, -0.05) is 19.3 Å². The van der Waals surface area contributed by atoms with Crippen molar-refractivity contribution in [3.8, 4) is 0 Å². The van der Waals surface area contributed by atoms with E-state index in [4.69, 9.17) is 4.74 Å². The minimum Gasteiger partial charge on any atom is -0.465 e. The molecule has 0 atom stereocenters. The highest BCUT2D eigenvalue weighted by Gasteiger charge is 2.18. The predicted octanol–water partition coefficient (Wildman–Crippen LogP) is 0.625. The first kappa shape index (κ1) is 11.9. The van der Waals surface area contributed by atoms with Gasteiger partial charge in [0.2, 0.25) is 0 Å². The molecule has 0 bridgehead atoms. The molecule has 1 heterocycles. The van der Waals surface area contributed by atoms with Crippen LogP contribution in [-0.2, 0) is 9.53 Å². The molecule has 0 aromatic heterocycles. The Labute approximate surface area is 97.3 Å². The van der Waals surface area contributed by atoms with Gasteiger partial charge in [-0.05, 0) is 12.3 Å². The molecular formula is C12H22N2O2. The lowest BCUT2D eigenvalue weighted by Gasteiger charge is -2.27. The molecule has 0 spiro atoms. The van der Waals surface area contributed by atoms with Crippen molar-refractivity contribution in [2.45, 2.75) is 25.7 Å². The fourth-order valence-corrected chi connectivity index (χ4v) is 2.22. The van der Waals surface area contributed by atoms with Gasteiger partial charge in [0.15, 0.2) is 0 Å². The Balaban J connectivity index is 1.52. The molecule has 2 rings (SSSR count). The summed E-state index contributed by atoms with van der Waals surface area (Å²) in [6, 6.07) is 0. The van der Waals surface area contributed by atoms with Crippen molar-refractivity contribution in [3.05, 3.63) is 0 Å². The van der Waals surface area contributed by atoms with Crippen LogP contribution in [0, 0.1) is 5.92 Å². The van der Waals surface area contributed by atoms with Crippen LogP contribution in [0.3, 0.4) is 0 Å². The first-order valence-electron chi connectivity index (χ1n) is 6.43. The average molecular weight is 226 g/mol. The number of hydrogen-bond acceptors (Lipinski definition) is 4. The van der Waals surface area contributed by atoms with E-state index in [1.807, 2.05) is 0 Å². The third-order valence-corrected chi connectivity index (χ3v) is 3.58. The summed E-state index contributed by atoms with van der Waals surface area (Å²) in [5, 5.41) is 3.27. The zero-order chi connectivity index (χ0) is 11.2. The summed E-state index contributed by atoms with van der Waals surface area (Å²) in [6.45, 7) is 4.96. The van der Waals surface area contributed by atoms with E-state index >= 15 is 0 Å². The van der Waals surface area contributed by atoms with E-state index in [-0.39, 0.29) is 5.97 Å². The van der Waals surface area contributed by atoms with Crippen LogP contribution in [0.25, 0.3) is 0 Å². The van der Waals surface area contributed by atoms with Crippen LogP contribution in [0.4, 0.5) is 0 Å². The van der Waals surface area contributed by atoms with Gasteiger partial charge < -0.3 is 10.1 Å². The maximum absolute atomic E-state index is 11.5. The van der Waals surface area contributed by atoms with Crippen LogP contribution >= 0.6 is 0 Å². The number of nitrogens with one attached hydrogen (secondary N) is 1. The van der Waals surface area contributed by atoms with E-state index < -0.39 is 0 Å². The molecule has 0 amide bonds. The number of hydrogen-bond donors (Lipinski definition) is 1. The van der Waals surface area contributed by atoms with Crippen LogP contribution in [0.5, 0.6) is 0 Å². The molecule has 0 aromatic carbocycles. The highest BCUT2D eigenvalue weighted by molar-refractivity contribution is 5.71.